The molecule has 0 radical (unpaired) electrons. The van der Waals surface area contributed by atoms with Crippen LogP contribution in [-0.2, 0) is 4.79 Å². The zero-order chi connectivity index (χ0) is 18.8. The van der Waals surface area contributed by atoms with Crippen LogP contribution in [0.3, 0.4) is 0 Å². The van der Waals surface area contributed by atoms with Crippen LogP contribution in [0.5, 0.6) is 5.75 Å². The van der Waals surface area contributed by atoms with E-state index in [-0.39, 0.29) is 17.9 Å². The van der Waals surface area contributed by atoms with Crippen molar-refractivity contribution >= 4 is 17.5 Å². The molecule has 1 N–H and O–H groups in total. The van der Waals surface area contributed by atoms with E-state index >= 15 is 0 Å². The zero-order valence-electron chi connectivity index (χ0n) is 15.5. The normalized spacial score (nSPS) is 19.7. The fourth-order valence-electron chi connectivity index (χ4n) is 4.11. The molecule has 2 aromatic rings. The fraction of sp³-hybridized carbons (Fsp3) is 0.364. The Morgan fingerprint density at radius 3 is 2.44 bits per heavy atom. The molecule has 0 saturated heterocycles. The minimum absolute atomic E-state index is 0.101. The highest BCUT2D eigenvalue weighted by Gasteiger charge is 2.42. The average Bonchev–Trinajstić information content (AvgIpc) is 3.02. The van der Waals surface area contributed by atoms with E-state index in [9.17, 15) is 9.59 Å². The van der Waals surface area contributed by atoms with Gasteiger partial charge in [0.25, 0.3) is 5.91 Å². The van der Waals surface area contributed by atoms with Crippen molar-refractivity contribution in [2.24, 2.45) is 0 Å². The van der Waals surface area contributed by atoms with E-state index in [4.69, 9.17) is 4.74 Å². The molecule has 27 heavy (non-hydrogen) atoms. The molecule has 0 aromatic heterocycles. The highest BCUT2D eigenvalue weighted by atomic mass is 16.5. The molecule has 1 aliphatic carbocycles. The number of hydrogen-bond donors (Lipinski definition) is 1. The highest BCUT2D eigenvalue weighted by molar-refractivity contribution is 6.15. The van der Waals surface area contributed by atoms with E-state index < -0.39 is 6.04 Å². The van der Waals surface area contributed by atoms with Crippen molar-refractivity contribution in [2.45, 2.75) is 44.2 Å². The van der Waals surface area contributed by atoms with Crippen molar-refractivity contribution in [3.05, 3.63) is 59.7 Å². The Balaban J connectivity index is 1.67. The summed E-state index contributed by atoms with van der Waals surface area (Å²) < 4.78 is 5.21. The smallest absolute Gasteiger partial charge is 0.259 e. The van der Waals surface area contributed by atoms with Gasteiger partial charge in [-0.05, 0) is 48.7 Å². The van der Waals surface area contributed by atoms with Crippen molar-refractivity contribution in [3.63, 3.8) is 0 Å². The molecule has 4 rings (SSSR count). The number of nitrogens with zero attached hydrogens (tertiary/aromatic N) is 1. The van der Waals surface area contributed by atoms with Gasteiger partial charge in [-0.2, -0.15) is 0 Å². The Kier molecular flexibility index (Phi) is 4.84. The predicted molar refractivity (Wildman–Crippen MR) is 104 cm³/mol. The van der Waals surface area contributed by atoms with Gasteiger partial charge in [0, 0.05) is 17.3 Å². The first kappa shape index (κ1) is 17.6. The largest absolute Gasteiger partial charge is 0.497 e. The van der Waals surface area contributed by atoms with Gasteiger partial charge in [-0.15, -0.1) is 0 Å². The van der Waals surface area contributed by atoms with Crippen LogP contribution in [0.15, 0.2) is 48.5 Å². The molecule has 5 nitrogen and oxygen atoms in total. The summed E-state index contributed by atoms with van der Waals surface area (Å²) in [5.41, 5.74) is 2.06. The van der Waals surface area contributed by atoms with Crippen LogP contribution < -0.4 is 15.0 Å². The molecule has 1 aliphatic heterocycles. The maximum Gasteiger partial charge on any atom is 0.259 e. The Hall–Kier alpha value is -2.82. The summed E-state index contributed by atoms with van der Waals surface area (Å²) in [6.07, 6.45) is 5.54. The minimum atomic E-state index is -0.635. The maximum atomic E-state index is 13.2. The number of carbonyl (C=O) groups excluding carboxylic acids is 2. The number of carbonyl (C=O) groups is 2. The quantitative estimate of drug-likeness (QED) is 0.897. The molecular weight excluding hydrogens is 340 g/mol. The number of benzene rings is 2. The highest BCUT2D eigenvalue weighted by Crippen LogP contribution is 2.38. The number of hydrogen-bond acceptors (Lipinski definition) is 3. The summed E-state index contributed by atoms with van der Waals surface area (Å²) in [4.78, 5) is 27.9. The zero-order valence-corrected chi connectivity index (χ0v) is 15.5. The lowest BCUT2D eigenvalue weighted by molar-refractivity contribution is -0.123. The molecule has 2 amide bonds. The summed E-state index contributed by atoms with van der Waals surface area (Å²) in [6.45, 7) is 0. The third-order valence-electron chi connectivity index (χ3n) is 5.51. The molecule has 1 fully saturated rings. The molecule has 140 valence electrons. The lowest BCUT2D eigenvalue weighted by Gasteiger charge is -2.28. The molecule has 2 aliphatic rings. The van der Waals surface area contributed by atoms with Crippen molar-refractivity contribution in [2.75, 3.05) is 12.0 Å². The van der Waals surface area contributed by atoms with E-state index in [0.717, 1.165) is 31.2 Å². The van der Waals surface area contributed by atoms with Gasteiger partial charge in [0.1, 0.15) is 11.8 Å². The van der Waals surface area contributed by atoms with Crippen LogP contribution in [0.25, 0.3) is 0 Å². The van der Waals surface area contributed by atoms with Gasteiger partial charge in [0.15, 0.2) is 0 Å². The first-order valence-electron chi connectivity index (χ1n) is 9.56. The molecular formula is C22H24N2O3. The van der Waals surface area contributed by atoms with Crippen LogP contribution in [0, 0.1) is 0 Å². The predicted octanol–water partition coefficient (Wildman–Crippen LogP) is 3.85. The minimum Gasteiger partial charge on any atom is -0.497 e. The number of fused-ring (bicyclic) bond motifs is 1. The van der Waals surface area contributed by atoms with E-state index in [0.29, 0.717) is 17.0 Å². The summed E-state index contributed by atoms with van der Waals surface area (Å²) in [7, 11) is 1.60. The summed E-state index contributed by atoms with van der Waals surface area (Å²) in [5, 5.41) is 3.19. The number of nitrogens with one attached hydrogen (secondary N) is 1. The number of ether oxygens (including phenoxy) is 1. The van der Waals surface area contributed by atoms with Gasteiger partial charge >= 0.3 is 0 Å². The molecule has 5 heteroatoms. The van der Waals surface area contributed by atoms with Gasteiger partial charge in [-0.25, -0.2) is 0 Å². The fourth-order valence-corrected chi connectivity index (χ4v) is 4.11. The van der Waals surface area contributed by atoms with Crippen LogP contribution in [0.1, 0.15) is 54.1 Å². The van der Waals surface area contributed by atoms with E-state index in [2.05, 4.69) is 5.32 Å². The third kappa shape index (κ3) is 3.29. The van der Waals surface area contributed by atoms with Gasteiger partial charge < -0.3 is 10.1 Å². The summed E-state index contributed by atoms with van der Waals surface area (Å²) in [6, 6.07) is 14.2. The average molecular weight is 364 g/mol. The van der Waals surface area contributed by atoms with Crippen LogP contribution in [0.4, 0.5) is 5.69 Å². The van der Waals surface area contributed by atoms with Crippen molar-refractivity contribution in [1.29, 1.82) is 0 Å². The topological polar surface area (TPSA) is 58.6 Å². The molecule has 1 atom stereocenters. The maximum absolute atomic E-state index is 13.2. The van der Waals surface area contributed by atoms with Crippen molar-refractivity contribution in [1.82, 2.24) is 5.32 Å². The number of methoxy groups -OCH3 is 1. The van der Waals surface area contributed by atoms with Gasteiger partial charge in [0.2, 0.25) is 5.91 Å². The second-order valence-electron chi connectivity index (χ2n) is 7.21. The lowest BCUT2D eigenvalue weighted by atomic mass is 9.95. The molecule has 1 unspecified atom stereocenters. The number of anilines is 1. The Labute approximate surface area is 159 Å². The SMILES string of the molecule is COc1ccc(N2C(=O)c3ccccc3C2C(=O)NC2CCCCC2)cc1. The van der Waals surface area contributed by atoms with Crippen molar-refractivity contribution < 1.29 is 14.3 Å². The third-order valence-corrected chi connectivity index (χ3v) is 5.51. The van der Waals surface area contributed by atoms with Crippen LogP contribution in [0.2, 0.25) is 0 Å². The van der Waals surface area contributed by atoms with Gasteiger partial charge in [-0.3, -0.25) is 14.5 Å². The van der Waals surface area contributed by atoms with E-state index in [1.54, 1.807) is 18.1 Å². The van der Waals surface area contributed by atoms with E-state index in [1.165, 1.54) is 6.42 Å². The molecule has 1 heterocycles. The molecule has 1 saturated carbocycles. The van der Waals surface area contributed by atoms with Gasteiger partial charge in [-0.1, -0.05) is 37.5 Å². The summed E-state index contributed by atoms with van der Waals surface area (Å²) >= 11 is 0. The molecule has 0 bridgehead atoms. The number of amides is 2. The Morgan fingerprint density at radius 2 is 1.74 bits per heavy atom. The standard InChI is InChI=1S/C22H24N2O3/c1-27-17-13-11-16(12-14-17)24-20(18-9-5-6-10-19(18)22(24)26)21(25)23-15-7-3-2-4-8-15/h5-6,9-15,20H,2-4,7-8H2,1H3,(H,23,25). The monoisotopic (exact) mass is 364 g/mol. The Bertz CT molecular complexity index is 841. The molecule has 0 spiro atoms. The second kappa shape index (κ2) is 7.43. The Morgan fingerprint density at radius 1 is 1.04 bits per heavy atom. The molecule has 2 aromatic carbocycles. The van der Waals surface area contributed by atoms with Gasteiger partial charge in [0.05, 0.1) is 7.11 Å². The first-order chi connectivity index (χ1) is 13.2. The van der Waals surface area contributed by atoms with Crippen LogP contribution >= 0.6 is 0 Å². The van der Waals surface area contributed by atoms with Crippen molar-refractivity contribution in [3.8, 4) is 5.75 Å². The first-order valence-corrected chi connectivity index (χ1v) is 9.56. The lowest BCUT2D eigenvalue weighted by Crippen LogP contribution is -2.44. The van der Waals surface area contributed by atoms with E-state index in [1.807, 2.05) is 42.5 Å². The second-order valence-corrected chi connectivity index (χ2v) is 7.21. The summed E-state index contributed by atoms with van der Waals surface area (Å²) in [5.74, 6) is 0.474. The van der Waals surface area contributed by atoms with Crippen LogP contribution in [-0.4, -0.2) is 25.0 Å². The number of rotatable bonds is 4.